The number of aryl methyl sites for hydroxylation is 2. The van der Waals surface area contributed by atoms with Crippen molar-refractivity contribution in [3.05, 3.63) is 254 Å². The van der Waals surface area contributed by atoms with Gasteiger partial charge in [-0.3, -0.25) is 4.57 Å². The second kappa shape index (κ2) is 16.9. The van der Waals surface area contributed by atoms with E-state index < -0.39 is 6.85 Å². The lowest BCUT2D eigenvalue weighted by Crippen LogP contribution is -2.23. The van der Waals surface area contributed by atoms with Crippen LogP contribution in [0.5, 0.6) is 11.5 Å². The van der Waals surface area contributed by atoms with Crippen molar-refractivity contribution in [1.82, 2.24) is 18.7 Å². The Morgan fingerprint density at radius 1 is 0.400 bits per heavy atom. The summed E-state index contributed by atoms with van der Waals surface area (Å²) in [5, 5.41) is 7.05. The Morgan fingerprint density at radius 3 is 1.41 bits per heavy atom. The van der Waals surface area contributed by atoms with E-state index >= 15 is 0 Å². The maximum Gasteiger partial charge on any atom is 0.137 e. The first kappa shape index (κ1) is 39.7. The van der Waals surface area contributed by atoms with Crippen LogP contribution in [0.2, 0.25) is 0 Å². The predicted molar refractivity (Wildman–Crippen MR) is 311 cm³/mol. The second-order valence-electron chi connectivity index (χ2n) is 19.4. The lowest BCUT2D eigenvalue weighted by molar-refractivity contribution is 0.483. The first-order chi connectivity index (χ1) is 38.2. The number of aromatic nitrogens is 4. The molecule has 0 N–H and O–H groups in total. The summed E-state index contributed by atoms with van der Waals surface area (Å²) in [4.78, 5) is 9.91. The van der Waals surface area contributed by atoms with Crippen molar-refractivity contribution in [2.75, 3.05) is 16.5 Å². The third-order valence-electron chi connectivity index (χ3n) is 15.2. The van der Waals surface area contributed by atoms with Crippen LogP contribution in [0.15, 0.2) is 243 Å². The molecule has 0 spiro atoms. The summed E-state index contributed by atoms with van der Waals surface area (Å²) in [5.41, 5.74) is 16.2. The molecular formula is C68H48N6O. The standard InChI is InChI=1S/C68H48N6O/c1-44-33-35-46(36-34-44)70-43-71(63-30-14-13-29-62(63)70)47-17-15-18-48(40-47)75-49-37-38-55-54-23-7-12-28-61(54)74(66(55)41-49)67-39-45(2)56(42-69-67)68-64(72-57-24-8-3-19-50(57)51-20-4-9-25-58(51)72)31-16-32-65(68)73-59-26-10-5-21-52(59)53-22-6-11-27-60(53)73/h3-42H,43H2,1-2H3/i1D3. The average molecular weight is 968 g/mol. The van der Waals surface area contributed by atoms with Gasteiger partial charge in [-0.25, -0.2) is 4.98 Å². The van der Waals surface area contributed by atoms with Gasteiger partial charge in [-0.2, -0.15) is 0 Å². The van der Waals surface area contributed by atoms with Crippen molar-refractivity contribution in [2.24, 2.45) is 0 Å². The lowest BCUT2D eigenvalue weighted by Gasteiger charge is -2.22. The molecule has 0 atom stereocenters. The largest absolute Gasteiger partial charge is 0.457 e. The third-order valence-corrected chi connectivity index (χ3v) is 15.2. The van der Waals surface area contributed by atoms with Gasteiger partial charge in [0, 0.05) is 77.3 Å². The average Bonchev–Trinajstić information content (AvgIpc) is 4.33. The van der Waals surface area contributed by atoms with Crippen LogP contribution < -0.4 is 14.5 Å². The van der Waals surface area contributed by atoms with E-state index in [4.69, 9.17) is 13.8 Å². The maximum absolute atomic E-state index is 7.89. The van der Waals surface area contributed by atoms with Crippen molar-refractivity contribution in [2.45, 2.75) is 13.8 Å². The number of rotatable bonds is 8. The van der Waals surface area contributed by atoms with Crippen molar-refractivity contribution in [1.29, 1.82) is 0 Å². The van der Waals surface area contributed by atoms with Crippen LogP contribution in [0, 0.1) is 13.8 Å². The van der Waals surface area contributed by atoms with Gasteiger partial charge in [0.05, 0.1) is 55.8 Å². The van der Waals surface area contributed by atoms with E-state index in [0.29, 0.717) is 23.7 Å². The molecular weight excluding hydrogens is 917 g/mol. The fraction of sp³-hybridized carbons (Fsp3) is 0.0441. The van der Waals surface area contributed by atoms with E-state index in [-0.39, 0.29) is 0 Å². The summed E-state index contributed by atoms with van der Waals surface area (Å²) >= 11 is 0. The van der Waals surface area contributed by atoms with E-state index in [9.17, 15) is 0 Å². The Hall–Kier alpha value is -9.85. The van der Waals surface area contributed by atoms with E-state index in [1.165, 1.54) is 21.5 Å². The van der Waals surface area contributed by atoms with Crippen LogP contribution in [0.25, 0.3) is 93.7 Å². The topological polar surface area (TPSA) is 43.4 Å². The highest BCUT2D eigenvalue weighted by Crippen LogP contribution is 2.47. The van der Waals surface area contributed by atoms with E-state index in [1.54, 1.807) is 12.1 Å². The number of ether oxygens (including phenoxy) is 1. The number of anilines is 4. The lowest BCUT2D eigenvalue weighted by atomic mass is 9.98. The van der Waals surface area contributed by atoms with Gasteiger partial charge in [-0.1, -0.05) is 133 Å². The van der Waals surface area contributed by atoms with Crippen LogP contribution in [-0.2, 0) is 0 Å². The monoisotopic (exact) mass is 967 g/mol. The van der Waals surface area contributed by atoms with Gasteiger partial charge in [0.1, 0.15) is 24.0 Å². The minimum Gasteiger partial charge on any atom is -0.457 e. The number of benzene rings is 10. The number of para-hydroxylation sites is 7. The third kappa shape index (κ3) is 6.71. The normalized spacial score (nSPS) is 13.3. The maximum atomic E-state index is 7.89. The molecule has 14 aromatic rings. The summed E-state index contributed by atoms with van der Waals surface area (Å²) in [6, 6.07) is 82.3. The second-order valence-corrected chi connectivity index (χ2v) is 19.4. The van der Waals surface area contributed by atoms with Crippen molar-refractivity contribution < 1.29 is 8.85 Å². The quantitative estimate of drug-likeness (QED) is 0.152. The zero-order valence-corrected chi connectivity index (χ0v) is 40.9. The van der Waals surface area contributed by atoms with Gasteiger partial charge in [-0.15, -0.1) is 0 Å². The Labute approximate surface area is 437 Å². The fourth-order valence-electron chi connectivity index (χ4n) is 11.9. The summed E-state index contributed by atoms with van der Waals surface area (Å²) in [6.45, 7) is 0.588. The van der Waals surface area contributed by atoms with Crippen LogP contribution in [0.3, 0.4) is 0 Å². The molecule has 0 saturated carbocycles. The molecule has 7 nitrogen and oxygen atoms in total. The highest BCUT2D eigenvalue weighted by Gasteiger charge is 2.29. The van der Waals surface area contributed by atoms with E-state index in [2.05, 4.69) is 219 Å². The molecule has 0 saturated heterocycles. The molecule has 1 aliphatic heterocycles. The SMILES string of the molecule is [2H]C([2H])([2H])c1ccc(N2CN(c3cccc(Oc4ccc5c6ccccc6n(-c6cc(C)c(-c7c(-n8c9ccccc9c9ccccc98)cccc7-n7c8ccccc8c8ccccc87)cn6)c5c4)c3)c3ccccc32)cc1. The fourth-order valence-corrected chi connectivity index (χ4v) is 11.9. The molecule has 0 aliphatic carbocycles. The van der Waals surface area contributed by atoms with E-state index in [1.807, 2.05) is 42.5 Å². The van der Waals surface area contributed by atoms with Gasteiger partial charge in [0.2, 0.25) is 0 Å². The Bertz CT molecular complexity index is 4480. The molecule has 10 aromatic carbocycles. The molecule has 0 unspecified atom stereocenters. The summed E-state index contributed by atoms with van der Waals surface area (Å²) < 4.78 is 37.6. The van der Waals surface area contributed by atoms with Crippen LogP contribution in [0.1, 0.15) is 15.2 Å². The van der Waals surface area contributed by atoms with Gasteiger partial charge in [-0.05, 0) is 116 Å². The molecule has 356 valence electrons. The molecule has 75 heavy (non-hydrogen) atoms. The number of hydrogen-bond donors (Lipinski definition) is 0. The number of fused-ring (bicyclic) bond motifs is 10. The van der Waals surface area contributed by atoms with Crippen LogP contribution >= 0.6 is 0 Å². The number of hydrogen-bond acceptors (Lipinski definition) is 4. The molecule has 0 bridgehead atoms. The molecule has 1 aliphatic rings. The summed E-state index contributed by atoms with van der Waals surface area (Å²) in [6.07, 6.45) is 2.07. The van der Waals surface area contributed by atoms with Gasteiger partial charge >= 0.3 is 0 Å². The van der Waals surface area contributed by atoms with E-state index in [0.717, 1.165) is 101 Å². The van der Waals surface area contributed by atoms with Crippen molar-refractivity contribution >= 4 is 88.2 Å². The minimum absolute atomic E-state index is 0.322. The Balaban J connectivity index is 0.844. The smallest absolute Gasteiger partial charge is 0.137 e. The van der Waals surface area contributed by atoms with Gasteiger partial charge in [0.25, 0.3) is 0 Å². The van der Waals surface area contributed by atoms with Crippen LogP contribution in [-0.4, -0.2) is 25.4 Å². The minimum atomic E-state index is -2.16. The number of pyridine rings is 1. The molecule has 5 heterocycles. The zero-order valence-electron chi connectivity index (χ0n) is 43.9. The highest BCUT2D eigenvalue weighted by atomic mass is 16.5. The van der Waals surface area contributed by atoms with Crippen molar-refractivity contribution in [3.63, 3.8) is 0 Å². The molecule has 0 radical (unpaired) electrons. The first-order valence-electron chi connectivity index (χ1n) is 26.9. The molecule has 7 heteroatoms. The Morgan fingerprint density at radius 2 is 0.867 bits per heavy atom. The van der Waals surface area contributed by atoms with Crippen molar-refractivity contribution in [3.8, 4) is 39.8 Å². The molecule has 15 rings (SSSR count). The molecule has 4 aromatic heterocycles. The number of nitrogens with zero attached hydrogens (tertiary/aromatic N) is 6. The molecule has 0 fully saturated rings. The van der Waals surface area contributed by atoms with Crippen LogP contribution in [0.4, 0.5) is 22.7 Å². The van der Waals surface area contributed by atoms with Gasteiger partial charge < -0.3 is 23.7 Å². The van der Waals surface area contributed by atoms with Gasteiger partial charge in [0.15, 0.2) is 0 Å². The summed E-state index contributed by atoms with van der Waals surface area (Å²) in [7, 11) is 0. The highest BCUT2D eigenvalue weighted by molar-refractivity contribution is 6.13. The summed E-state index contributed by atoms with van der Waals surface area (Å²) in [5.74, 6) is 2.21. The predicted octanol–water partition coefficient (Wildman–Crippen LogP) is 17.7. The molecule has 0 amide bonds. The first-order valence-corrected chi connectivity index (χ1v) is 25.4. The zero-order chi connectivity index (χ0) is 52.2. The Kier molecular flexibility index (Phi) is 8.94.